The van der Waals surface area contributed by atoms with Crippen LogP contribution in [0.15, 0.2) is 12.7 Å². The van der Waals surface area contributed by atoms with Gasteiger partial charge in [0, 0.05) is 18.5 Å². The first-order valence-corrected chi connectivity index (χ1v) is 6.05. The van der Waals surface area contributed by atoms with Gasteiger partial charge in [-0.25, -0.2) is 0 Å². The second-order valence-corrected chi connectivity index (χ2v) is 5.09. The zero-order valence-corrected chi connectivity index (χ0v) is 13.3. The number of hydrogen-bond donors (Lipinski definition) is 2. The summed E-state index contributed by atoms with van der Waals surface area (Å²) in [5.74, 6) is 0.623. The van der Waals surface area contributed by atoms with Crippen molar-refractivity contribution in [1.29, 1.82) is 0 Å². The molecule has 1 atom stereocenters. The summed E-state index contributed by atoms with van der Waals surface area (Å²) in [6, 6.07) is 0. The molecule has 3 nitrogen and oxygen atoms in total. The van der Waals surface area contributed by atoms with Gasteiger partial charge in [0.2, 0.25) is 5.91 Å². The van der Waals surface area contributed by atoms with Crippen LogP contribution >= 0.6 is 24.8 Å². The van der Waals surface area contributed by atoms with Crippen molar-refractivity contribution in [3.8, 4) is 0 Å². The third-order valence-corrected chi connectivity index (χ3v) is 2.56. The fourth-order valence-electron chi connectivity index (χ4n) is 1.89. The molecule has 0 aromatic heterocycles. The highest BCUT2D eigenvalue weighted by Crippen LogP contribution is 2.15. The van der Waals surface area contributed by atoms with Gasteiger partial charge < -0.3 is 11.1 Å². The highest BCUT2D eigenvalue weighted by atomic mass is 35.5. The highest BCUT2D eigenvalue weighted by Gasteiger charge is 2.25. The minimum atomic E-state index is -0.264. The van der Waals surface area contributed by atoms with Crippen molar-refractivity contribution < 1.29 is 4.79 Å². The Labute approximate surface area is 124 Å². The van der Waals surface area contributed by atoms with E-state index in [0.29, 0.717) is 18.9 Å². The lowest BCUT2D eigenvalue weighted by Gasteiger charge is -2.31. The van der Waals surface area contributed by atoms with Gasteiger partial charge in [-0.15, -0.1) is 31.4 Å². The van der Waals surface area contributed by atoms with Crippen LogP contribution in [0.5, 0.6) is 0 Å². The smallest absolute Gasteiger partial charge is 0.220 e. The average Bonchev–Trinajstić information content (AvgIpc) is 2.16. The number of nitrogens with two attached hydrogens (primary N) is 1. The second kappa shape index (κ2) is 11.8. The first kappa shape index (κ1) is 22.9. The van der Waals surface area contributed by atoms with Gasteiger partial charge >= 0.3 is 0 Å². The van der Waals surface area contributed by atoms with Gasteiger partial charge in [0.1, 0.15) is 0 Å². The number of carbonyl (C=O) groups is 1. The Morgan fingerprint density at radius 1 is 1.44 bits per heavy atom. The van der Waals surface area contributed by atoms with Crippen LogP contribution in [-0.4, -0.2) is 18.0 Å². The number of halogens is 2. The van der Waals surface area contributed by atoms with E-state index in [1.165, 1.54) is 0 Å². The maximum Gasteiger partial charge on any atom is 0.220 e. The summed E-state index contributed by atoms with van der Waals surface area (Å²) in [4.78, 5) is 11.7. The van der Waals surface area contributed by atoms with Gasteiger partial charge in [-0.1, -0.05) is 19.9 Å². The SMILES string of the molecule is C=CCCCC(=O)NC(C)(CN)CC(C)C.Cl.Cl. The molecule has 0 fully saturated rings. The van der Waals surface area contributed by atoms with Gasteiger partial charge in [-0.3, -0.25) is 4.79 Å². The van der Waals surface area contributed by atoms with E-state index < -0.39 is 0 Å². The Morgan fingerprint density at radius 2 is 2.00 bits per heavy atom. The molecule has 1 amide bonds. The predicted molar refractivity (Wildman–Crippen MR) is 83.6 cm³/mol. The van der Waals surface area contributed by atoms with E-state index in [9.17, 15) is 4.79 Å². The van der Waals surface area contributed by atoms with Crippen LogP contribution in [0.2, 0.25) is 0 Å². The maximum absolute atomic E-state index is 11.7. The fourth-order valence-corrected chi connectivity index (χ4v) is 1.89. The Kier molecular flexibility index (Phi) is 15.0. The van der Waals surface area contributed by atoms with E-state index in [1.807, 2.05) is 13.0 Å². The molecule has 0 saturated heterocycles. The molecular weight excluding hydrogens is 271 g/mol. The average molecular weight is 299 g/mol. The molecule has 3 N–H and O–H groups in total. The predicted octanol–water partition coefficient (Wildman–Crippen LogP) is 3.07. The van der Waals surface area contributed by atoms with Crippen LogP contribution in [0, 0.1) is 5.92 Å². The van der Waals surface area contributed by atoms with Crippen molar-refractivity contribution in [3.05, 3.63) is 12.7 Å². The Bertz CT molecular complexity index is 235. The standard InChI is InChI=1S/C13H26N2O.2ClH/c1-5-6-7-8-12(16)15-13(4,10-14)9-11(2)3;;/h5,11H,1,6-10,14H2,2-4H3,(H,15,16);2*1H. The van der Waals surface area contributed by atoms with Crippen LogP contribution in [-0.2, 0) is 4.79 Å². The second-order valence-electron chi connectivity index (χ2n) is 5.09. The molecule has 0 radical (unpaired) electrons. The Hall–Kier alpha value is -0.250. The molecule has 0 spiro atoms. The van der Waals surface area contributed by atoms with Gasteiger partial charge in [0.05, 0.1) is 0 Å². The van der Waals surface area contributed by atoms with E-state index >= 15 is 0 Å². The van der Waals surface area contributed by atoms with Gasteiger partial charge in [0.25, 0.3) is 0 Å². The minimum absolute atomic E-state index is 0. The Balaban J connectivity index is -0.00000112. The number of hydrogen-bond acceptors (Lipinski definition) is 2. The fraction of sp³-hybridized carbons (Fsp3) is 0.769. The minimum Gasteiger partial charge on any atom is -0.350 e. The first-order chi connectivity index (χ1) is 7.43. The molecule has 1 unspecified atom stereocenters. The van der Waals surface area contributed by atoms with Crippen molar-refractivity contribution in [1.82, 2.24) is 5.32 Å². The number of allylic oxidation sites excluding steroid dienone is 1. The molecule has 0 saturated carbocycles. The summed E-state index contributed by atoms with van der Waals surface area (Å²) < 4.78 is 0. The number of nitrogens with one attached hydrogen (secondary N) is 1. The topological polar surface area (TPSA) is 55.1 Å². The molecule has 0 rings (SSSR count). The molecule has 5 heteroatoms. The molecule has 0 aromatic rings. The van der Waals surface area contributed by atoms with Crippen molar-refractivity contribution in [2.75, 3.05) is 6.54 Å². The maximum atomic E-state index is 11.7. The molecule has 0 aliphatic carbocycles. The molecule has 0 aliphatic heterocycles. The number of rotatable bonds is 8. The van der Waals surface area contributed by atoms with Crippen LogP contribution in [0.3, 0.4) is 0 Å². The summed E-state index contributed by atoms with van der Waals surface area (Å²) in [6.07, 6.45) is 5.05. The number of amides is 1. The largest absolute Gasteiger partial charge is 0.350 e. The monoisotopic (exact) mass is 298 g/mol. The lowest BCUT2D eigenvalue weighted by atomic mass is 9.90. The quantitative estimate of drug-likeness (QED) is 0.534. The number of carbonyl (C=O) groups excluding carboxylic acids is 1. The van der Waals surface area contributed by atoms with E-state index in [-0.39, 0.29) is 36.3 Å². The van der Waals surface area contributed by atoms with Crippen LogP contribution in [0.1, 0.15) is 46.5 Å². The highest BCUT2D eigenvalue weighted by molar-refractivity contribution is 5.85. The van der Waals surface area contributed by atoms with Gasteiger partial charge in [0.15, 0.2) is 0 Å². The van der Waals surface area contributed by atoms with E-state index in [0.717, 1.165) is 19.3 Å². The summed E-state index contributed by atoms with van der Waals surface area (Å²) >= 11 is 0. The van der Waals surface area contributed by atoms with Gasteiger partial charge in [-0.2, -0.15) is 0 Å². The van der Waals surface area contributed by atoms with Crippen LogP contribution < -0.4 is 11.1 Å². The van der Waals surface area contributed by atoms with Crippen molar-refractivity contribution in [3.63, 3.8) is 0 Å². The zero-order chi connectivity index (χ0) is 12.6. The molecule has 110 valence electrons. The molecule has 0 aliphatic rings. The van der Waals surface area contributed by atoms with Crippen molar-refractivity contribution >= 4 is 30.7 Å². The summed E-state index contributed by atoms with van der Waals surface area (Å²) in [6.45, 7) is 10.4. The van der Waals surface area contributed by atoms with Crippen LogP contribution in [0.25, 0.3) is 0 Å². The summed E-state index contributed by atoms with van der Waals surface area (Å²) in [5, 5.41) is 3.04. The third kappa shape index (κ3) is 10.9. The summed E-state index contributed by atoms with van der Waals surface area (Å²) in [5.41, 5.74) is 5.46. The van der Waals surface area contributed by atoms with E-state index in [2.05, 4.69) is 25.7 Å². The van der Waals surface area contributed by atoms with Crippen molar-refractivity contribution in [2.24, 2.45) is 11.7 Å². The summed E-state index contributed by atoms with van der Waals surface area (Å²) in [7, 11) is 0. The Morgan fingerprint density at radius 3 is 2.39 bits per heavy atom. The van der Waals surface area contributed by atoms with E-state index in [4.69, 9.17) is 5.73 Å². The molecule has 0 bridgehead atoms. The molecular formula is C13H28Cl2N2O. The number of unbranched alkanes of at least 4 members (excludes halogenated alkanes) is 1. The first-order valence-electron chi connectivity index (χ1n) is 6.05. The third-order valence-electron chi connectivity index (χ3n) is 2.56. The lowest BCUT2D eigenvalue weighted by Crippen LogP contribution is -2.52. The lowest BCUT2D eigenvalue weighted by molar-refractivity contribution is -0.123. The van der Waals surface area contributed by atoms with Gasteiger partial charge in [-0.05, 0) is 32.1 Å². The zero-order valence-electron chi connectivity index (χ0n) is 11.7. The molecule has 0 heterocycles. The molecule has 18 heavy (non-hydrogen) atoms. The van der Waals surface area contributed by atoms with Crippen molar-refractivity contribution in [2.45, 2.75) is 52.0 Å². The van der Waals surface area contributed by atoms with E-state index in [1.54, 1.807) is 0 Å². The normalized spacial score (nSPS) is 12.9. The molecule has 0 aromatic carbocycles. The van der Waals surface area contributed by atoms with Crippen LogP contribution in [0.4, 0.5) is 0 Å².